The van der Waals surface area contributed by atoms with Gasteiger partial charge in [-0.1, -0.05) is 6.07 Å². The first-order chi connectivity index (χ1) is 13.0. The Bertz CT molecular complexity index is 852. The normalized spacial score (nSPS) is 31.1. The van der Waals surface area contributed by atoms with Gasteiger partial charge in [-0.15, -0.1) is 11.3 Å². The summed E-state index contributed by atoms with van der Waals surface area (Å²) in [5.41, 5.74) is 4.12. The van der Waals surface area contributed by atoms with Crippen LogP contribution in [-0.2, 0) is 0 Å². The van der Waals surface area contributed by atoms with Crippen molar-refractivity contribution in [3.63, 3.8) is 0 Å². The van der Waals surface area contributed by atoms with Crippen molar-refractivity contribution in [1.29, 1.82) is 0 Å². The number of aromatic nitrogens is 1. The summed E-state index contributed by atoms with van der Waals surface area (Å²) in [7, 11) is 0. The molecule has 4 nitrogen and oxygen atoms in total. The molecule has 4 bridgehead atoms. The number of nitrogens with zero attached hydrogens (tertiary/aromatic N) is 1. The second-order valence-corrected chi connectivity index (χ2v) is 9.97. The molecule has 4 aliphatic rings. The SMILES string of the molecule is Cc1ccc(Nc2nc(C(=O)NC34CC5CC(CC(C5)C3)C4)cs2)cc1C. The molecule has 5 heteroatoms. The van der Waals surface area contributed by atoms with Crippen molar-refractivity contribution in [3.05, 3.63) is 40.4 Å². The Morgan fingerprint density at radius 1 is 1.07 bits per heavy atom. The van der Waals surface area contributed by atoms with Crippen LogP contribution in [0.3, 0.4) is 0 Å². The van der Waals surface area contributed by atoms with Crippen LogP contribution in [0.25, 0.3) is 0 Å². The molecule has 1 aromatic heterocycles. The van der Waals surface area contributed by atoms with Crippen molar-refractivity contribution in [2.45, 2.75) is 57.9 Å². The van der Waals surface area contributed by atoms with Gasteiger partial charge in [0.15, 0.2) is 5.13 Å². The van der Waals surface area contributed by atoms with Crippen molar-refractivity contribution in [1.82, 2.24) is 10.3 Å². The summed E-state index contributed by atoms with van der Waals surface area (Å²) in [6.45, 7) is 4.21. The maximum absolute atomic E-state index is 12.9. The van der Waals surface area contributed by atoms with Crippen molar-refractivity contribution < 1.29 is 4.79 Å². The molecule has 1 aromatic carbocycles. The fraction of sp³-hybridized carbons (Fsp3) is 0.545. The zero-order chi connectivity index (χ0) is 18.6. The summed E-state index contributed by atoms with van der Waals surface area (Å²) < 4.78 is 0. The van der Waals surface area contributed by atoms with Crippen LogP contribution in [0.4, 0.5) is 10.8 Å². The Morgan fingerprint density at radius 2 is 1.74 bits per heavy atom. The van der Waals surface area contributed by atoms with Crippen LogP contribution in [0.2, 0.25) is 0 Å². The predicted octanol–water partition coefficient (Wildman–Crippen LogP) is 5.20. The Kier molecular flexibility index (Phi) is 4.04. The molecule has 0 spiro atoms. The molecule has 142 valence electrons. The largest absolute Gasteiger partial charge is 0.345 e. The van der Waals surface area contributed by atoms with Gasteiger partial charge in [0.1, 0.15) is 5.69 Å². The van der Waals surface area contributed by atoms with E-state index in [1.807, 2.05) is 5.38 Å². The van der Waals surface area contributed by atoms with Gasteiger partial charge in [0, 0.05) is 16.6 Å². The molecule has 0 saturated heterocycles. The fourth-order valence-electron chi connectivity index (χ4n) is 5.95. The number of carbonyl (C=O) groups is 1. The van der Waals surface area contributed by atoms with Crippen molar-refractivity contribution >= 4 is 28.1 Å². The number of nitrogens with one attached hydrogen (secondary N) is 2. The zero-order valence-corrected chi connectivity index (χ0v) is 16.9. The minimum Gasteiger partial charge on any atom is -0.345 e. The lowest BCUT2D eigenvalue weighted by molar-refractivity contribution is -0.0167. The summed E-state index contributed by atoms with van der Waals surface area (Å²) in [6.07, 6.45) is 7.66. The van der Waals surface area contributed by atoms with Crippen LogP contribution in [0.5, 0.6) is 0 Å². The maximum Gasteiger partial charge on any atom is 0.271 e. The second-order valence-electron chi connectivity index (χ2n) is 9.11. The first-order valence-corrected chi connectivity index (χ1v) is 11.0. The number of rotatable bonds is 4. The molecule has 4 fully saturated rings. The highest BCUT2D eigenvalue weighted by Crippen LogP contribution is 2.55. The smallest absolute Gasteiger partial charge is 0.271 e. The highest BCUT2D eigenvalue weighted by molar-refractivity contribution is 7.14. The van der Waals surface area contributed by atoms with E-state index in [-0.39, 0.29) is 11.4 Å². The van der Waals surface area contributed by atoms with Crippen molar-refractivity contribution in [3.8, 4) is 0 Å². The van der Waals surface area contributed by atoms with E-state index in [0.29, 0.717) is 5.69 Å². The van der Waals surface area contributed by atoms with Crippen LogP contribution in [0, 0.1) is 31.6 Å². The van der Waals surface area contributed by atoms with Gasteiger partial charge < -0.3 is 10.6 Å². The standard InChI is InChI=1S/C22H27N3OS/c1-13-3-4-18(5-14(13)2)23-21-24-19(12-27-21)20(26)25-22-9-15-6-16(10-22)8-17(7-15)11-22/h3-5,12,15-17H,6-11H2,1-2H3,(H,23,24)(H,25,26). The number of benzene rings is 1. The van der Waals surface area contributed by atoms with Crippen LogP contribution in [0.15, 0.2) is 23.6 Å². The van der Waals surface area contributed by atoms with E-state index in [0.717, 1.165) is 28.6 Å². The van der Waals surface area contributed by atoms with E-state index in [4.69, 9.17) is 0 Å². The lowest BCUT2D eigenvalue weighted by Crippen LogP contribution is -2.59. The van der Waals surface area contributed by atoms with E-state index in [9.17, 15) is 4.79 Å². The third-order valence-corrected chi connectivity index (χ3v) is 7.67. The third-order valence-electron chi connectivity index (χ3n) is 6.91. The molecule has 4 saturated carbocycles. The van der Waals surface area contributed by atoms with E-state index < -0.39 is 0 Å². The van der Waals surface area contributed by atoms with Crippen LogP contribution < -0.4 is 10.6 Å². The highest BCUT2D eigenvalue weighted by Gasteiger charge is 2.51. The summed E-state index contributed by atoms with van der Waals surface area (Å²) in [5, 5.41) is 9.39. The van der Waals surface area contributed by atoms with Gasteiger partial charge in [0.25, 0.3) is 5.91 Å². The molecule has 0 atom stereocenters. The minimum atomic E-state index is 0.00124. The number of amides is 1. The number of aryl methyl sites for hydroxylation is 2. The molecule has 6 rings (SSSR count). The fourth-order valence-corrected chi connectivity index (χ4v) is 6.66. The number of anilines is 2. The summed E-state index contributed by atoms with van der Waals surface area (Å²) in [4.78, 5) is 17.5. The van der Waals surface area contributed by atoms with Gasteiger partial charge in [-0.3, -0.25) is 4.79 Å². The first-order valence-electron chi connectivity index (χ1n) is 10.1. The minimum absolute atomic E-state index is 0.00124. The van der Waals surface area contributed by atoms with Gasteiger partial charge in [-0.2, -0.15) is 0 Å². The van der Waals surface area contributed by atoms with Crippen LogP contribution in [0.1, 0.15) is 60.1 Å². The molecular weight excluding hydrogens is 354 g/mol. The van der Waals surface area contributed by atoms with E-state index in [1.54, 1.807) is 0 Å². The van der Waals surface area contributed by atoms with Gasteiger partial charge in [-0.05, 0) is 93.4 Å². The number of thiazole rings is 1. The molecule has 4 aliphatic carbocycles. The van der Waals surface area contributed by atoms with Gasteiger partial charge >= 0.3 is 0 Å². The molecule has 1 heterocycles. The Hall–Kier alpha value is -1.88. The van der Waals surface area contributed by atoms with Gasteiger partial charge in [0.05, 0.1) is 0 Å². The predicted molar refractivity (Wildman–Crippen MR) is 110 cm³/mol. The molecular formula is C22H27N3OS. The molecule has 0 radical (unpaired) electrons. The average Bonchev–Trinajstić information content (AvgIpc) is 3.05. The Labute approximate surface area is 164 Å². The summed E-state index contributed by atoms with van der Waals surface area (Å²) in [5.74, 6) is 2.48. The molecule has 2 N–H and O–H groups in total. The highest BCUT2D eigenvalue weighted by atomic mass is 32.1. The van der Waals surface area contributed by atoms with E-state index in [2.05, 4.69) is 47.7 Å². The van der Waals surface area contributed by atoms with Crippen LogP contribution >= 0.6 is 11.3 Å². The first kappa shape index (κ1) is 17.2. The monoisotopic (exact) mass is 381 g/mol. The molecule has 1 amide bonds. The van der Waals surface area contributed by atoms with Gasteiger partial charge in [-0.25, -0.2) is 4.98 Å². The molecule has 0 aliphatic heterocycles. The lowest BCUT2D eigenvalue weighted by Gasteiger charge is -2.56. The summed E-state index contributed by atoms with van der Waals surface area (Å²) in [6, 6.07) is 6.27. The Balaban J connectivity index is 1.28. The van der Waals surface area contributed by atoms with E-state index in [1.165, 1.54) is 61.0 Å². The number of hydrogen-bond donors (Lipinski definition) is 2. The Morgan fingerprint density at radius 3 is 2.37 bits per heavy atom. The second kappa shape index (κ2) is 6.33. The maximum atomic E-state index is 12.9. The lowest BCUT2D eigenvalue weighted by atomic mass is 9.53. The summed E-state index contributed by atoms with van der Waals surface area (Å²) >= 11 is 1.49. The average molecular weight is 382 g/mol. The topological polar surface area (TPSA) is 54.0 Å². The number of hydrogen-bond acceptors (Lipinski definition) is 4. The zero-order valence-electron chi connectivity index (χ0n) is 16.0. The van der Waals surface area contributed by atoms with Crippen LogP contribution in [-0.4, -0.2) is 16.4 Å². The van der Waals surface area contributed by atoms with Crippen molar-refractivity contribution in [2.24, 2.45) is 17.8 Å². The molecule has 27 heavy (non-hydrogen) atoms. The molecule has 0 unspecified atom stereocenters. The number of carbonyl (C=O) groups excluding carboxylic acids is 1. The molecule has 2 aromatic rings. The van der Waals surface area contributed by atoms with Crippen molar-refractivity contribution in [2.75, 3.05) is 5.32 Å². The third kappa shape index (κ3) is 3.27. The van der Waals surface area contributed by atoms with E-state index >= 15 is 0 Å². The van der Waals surface area contributed by atoms with Gasteiger partial charge in [0.2, 0.25) is 0 Å². The quantitative estimate of drug-likeness (QED) is 0.765.